The van der Waals surface area contributed by atoms with E-state index in [4.69, 9.17) is 10.5 Å². The zero-order valence-corrected chi connectivity index (χ0v) is 13.2. The third-order valence-electron chi connectivity index (χ3n) is 3.26. The van der Waals surface area contributed by atoms with Gasteiger partial charge in [0.15, 0.2) is 0 Å². The van der Waals surface area contributed by atoms with E-state index in [1.165, 1.54) is 4.31 Å². The Morgan fingerprint density at radius 2 is 2.00 bits per heavy atom. The van der Waals surface area contributed by atoms with Crippen LogP contribution in [0.4, 0.5) is 5.69 Å². The molecule has 1 aromatic rings. The molecular weight excluding hydrogens is 276 g/mol. The van der Waals surface area contributed by atoms with E-state index >= 15 is 0 Å². The van der Waals surface area contributed by atoms with Gasteiger partial charge in [0.1, 0.15) is 12.4 Å². The summed E-state index contributed by atoms with van der Waals surface area (Å²) in [6.07, 6.45) is 0.955. The Bertz CT molecular complexity index is 517. The van der Waals surface area contributed by atoms with Crippen LogP contribution in [0, 0.1) is 5.92 Å². The molecule has 0 fully saturated rings. The second-order valence-electron chi connectivity index (χ2n) is 5.00. The van der Waals surface area contributed by atoms with Crippen LogP contribution in [-0.2, 0) is 10.0 Å². The Hall–Kier alpha value is -1.27. The molecule has 1 atom stereocenters. The minimum Gasteiger partial charge on any atom is -0.490 e. The summed E-state index contributed by atoms with van der Waals surface area (Å²) in [6, 6.07) is 7.05. The van der Waals surface area contributed by atoms with E-state index in [1.807, 2.05) is 13.8 Å². The number of para-hydroxylation sites is 2. The monoisotopic (exact) mass is 300 g/mol. The maximum Gasteiger partial charge on any atom is 0.217 e. The summed E-state index contributed by atoms with van der Waals surface area (Å²) in [7, 11) is -1.67. The molecule has 0 saturated heterocycles. The molecule has 0 aliphatic carbocycles. The first-order valence-electron chi connectivity index (χ1n) is 6.78. The van der Waals surface area contributed by atoms with Gasteiger partial charge in [0.25, 0.3) is 0 Å². The van der Waals surface area contributed by atoms with Crippen LogP contribution in [0.2, 0.25) is 0 Å². The van der Waals surface area contributed by atoms with Crippen LogP contribution in [-0.4, -0.2) is 38.7 Å². The van der Waals surface area contributed by atoms with E-state index in [2.05, 4.69) is 0 Å². The molecule has 114 valence electrons. The molecule has 0 saturated carbocycles. The van der Waals surface area contributed by atoms with Gasteiger partial charge in [0.2, 0.25) is 10.0 Å². The highest BCUT2D eigenvalue weighted by Crippen LogP contribution is 2.19. The third kappa shape index (κ3) is 5.02. The molecule has 0 aliphatic heterocycles. The molecule has 20 heavy (non-hydrogen) atoms. The minimum absolute atomic E-state index is 0.0474. The van der Waals surface area contributed by atoms with Gasteiger partial charge in [-0.3, -0.25) is 0 Å². The number of sulfonamides is 1. The fourth-order valence-electron chi connectivity index (χ4n) is 1.71. The van der Waals surface area contributed by atoms with Crippen molar-refractivity contribution in [3.63, 3.8) is 0 Å². The number of hydrogen-bond acceptors (Lipinski definition) is 4. The summed E-state index contributed by atoms with van der Waals surface area (Å²) < 4.78 is 31.0. The number of anilines is 1. The SMILES string of the molecule is CCC(C)CN(C)S(=O)(=O)CCOc1ccccc1N. The number of nitrogen functional groups attached to an aromatic ring is 1. The molecule has 1 rings (SSSR count). The zero-order chi connectivity index (χ0) is 15.2. The second kappa shape index (κ2) is 7.50. The highest BCUT2D eigenvalue weighted by molar-refractivity contribution is 7.89. The molecule has 0 heterocycles. The summed E-state index contributed by atoms with van der Waals surface area (Å²) in [6.45, 7) is 4.72. The molecular formula is C14H24N2O3S. The van der Waals surface area contributed by atoms with Crippen molar-refractivity contribution >= 4 is 15.7 Å². The topological polar surface area (TPSA) is 72.6 Å². The maximum absolute atomic E-state index is 12.1. The van der Waals surface area contributed by atoms with Crippen LogP contribution in [0.25, 0.3) is 0 Å². The fraction of sp³-hybridized carbons (Fsp3) is 0.571. The Morgan fingerprint density at radius 3 is 2.60 bits per heavy atom. The highest BCUT2D eigenvalue weighted by atomic mass is 32.2. The van der Waals surface area contributed by atoms with E-state index in [0.29, 0.717) is 23.9 Å². The molecule has 0 radical (unpaired) electrons. The number of benzene rings is 1. The maximum atomic E-state index is 12.1. The highest BCUT2D eigenvalue weighted by Gasteiger charge is 2.19. The Balaban J connectivity index is 2.50. The molecule has 6 heteroatoms. The molecule has 0 spiro atoms. The van der Waals surface area contributed by atoms with Crippen LogP contribution in [0.3, 0.4) is 0 Å². The van der Waals surface area contributed by atoms with Crippen molar-refractivity contribution in [2.45, 2.75) is 20.3 Å². The number of nitrogens with zero attached hydrogens (tertiary/aromatic N) is 1. The van der Waals surface area contributed by atoms with Crippen LogP contribution >= 0.6 is 0 Å². The van der Waals surface area contributed by atoms with Crippen molar-refractivity contribution in [1.29, 1.82) is 0 Å². The van der Waals surface area contributed by atoms with Gasteiger partial charge in [0.05, 0.1) is 11.4 Å². The van der Waals surface area contributed by atoms with Crippen molar-refractivity contribution in [2.75, 3.05) is 31.7 Å². The molecule has 0 aliphatic rings. The molecule has 0 amide bonds. The normalized spacial score (nSPS) is 13.4. The number of ether oxygens (including phenoxy) is 1. The van der Waals surface area contributed by atoms with E-state index in [-0.39, 0.29) is 12.4 Å². The average molecular weight is 300 g/mol. The van der Waals surface area contributed by atoms with Gasteiger partial charge >= 0.3 is 0 Å². The predicted octanol–water partition coefficient (Wildman–Crippen LogP) is 1.96. The van der Waals surface area contributed by atoms with Crippen molar-refractivity contribution < 1.29 is 13.2 Å². The molecule has 1 unspecified atom stereocenters. The van der Waals surface area contributed by atoms with Crippen LogP contribution in [0.5, 0.6) is 5.75 Å². The van der Waals surface area contributed by atoms with Crippen molar-refractivity contribution in [1.82, 2.24) is 4.31 Å². The Kier molecular flexibility index (Phi) is 6.29. The van der Waals surface area contributed by atoms with Crippen LogP contribution in [0.15, 0.2) is 24.3 Å². The van der Waals surface area contributed by atoms with E-state index in [9.17, 15) is 8.42 Å². The average Bonchev–Trinajstić information content (AvgIpc) is 2.40. The number of rotatable bonds is 8. The van der Waals surface area contributed by atoms with Crippen molar-refractivity contribution in [3.05, 3.63) is 24.3 Å². The summed E-state index contributed by atoms with van der Waals surface area (Å²) in [5.74, 6) is 0.821. The second-order valence-corrected chi connectivity index (χ2v) is 7.19. The minimum atomic E-state index is -3.28. The number of nitrogens with two attached hydrogens (primary N) is 1. The van der Waals surface area contributed by atoms with E-state index < -0.39 is 10.0 Å². The van der Waals surface area contributed by atoms with Gasteiger partial charge in [0, 0.05) is 13.6 Å². The quantitative estimate of drug-likeness (QED) is 0.745. The third-order valence-corrected chi connectivity index (χ3v) is 5.04. The lowest BCUT2D eigenvalue weighted by molar-refractivity contribution is 0.335. The van der Waals surface area contributed by atoms with E-state index in [0.717, 1.165) is 6.42 Å². The standard InChI is InChI=1S/C14H24N2O3S/c1-4-12(2)11-16(3)20(17,18)10-9-19-14-8-6-5-7-13(14)15/h5-8,12H,4,9-11,15H2,1-3H3. The van der Waals surface area contributed by atoms with Gasteiger partial charge in [-0.05, 0) is 18.1 Å². The summed E-state index contributed by atoms with van der Waals surface area (Å²) in [5.41, 5.74) is 6.24. The Morgan fingerprint density at radius 1 is 1.35 bits per heavy atom. The first kappa shape index (κ1) is 16.8. The Labute approximate surface area is 121 Å². The molecule has 0 aromatic heterocycles. The molecule has 2 N–H and O–H groups in total. The largest absolute Gasteiger partial charge is 0.490 e. The van der Waals surface area contributed by atoms with Gasteiger partial charge in [-0.1, -0.05) is 32.4 Å². The van der Waals surface area contributed by atoms with Gasteiger partial charge in [-0.25, -0.2) is 12.7 Å². The smallest absolute Gasteiger partial charge is 0.217 e. The lowest BCUT2D eigenvalue weighted by Crippen LogP contribution is -2.34. The van der Waals surface area contributed by atoms with Gasteiger partial charge < -0.3 is 10.5 Å². The van der Waals surface area contributed by atoms with Gasteiger partial charge in [-0.15, -0.1) is 0 Å². The first-order chi connectivity index (χ1) is 9.36. The lowest BCUT2D eigenvalue weighted by Gasteiger charge is -2.20. The van der Waals surface area contributed by atoms with Crippen molar-refractivity contribution in [2.24, 2.45) is 5.92 Å². The summed E-state index contributed by atoms with van der Waals surface area (Å²) in [5, 5.41) is 0. The summed E-state index contributed by atoms with van der Waals surface area (Å²) >= 11 is 0. The molecule has 5 nitrogen and oxygen atoms in total. The molecule has 0 bridgehead atoms. The first-order valence-corrected chi connectivity index (χ1v) is 8.39. The zero-order valence-electron chi connectivity index (χ0n) is 12.4. The lowest BCUT2D eigenvalue weighted by atomic mass is 10.1. The fourth-order valence-corrected chi connectivity index (χ4v) is 2.79. The number of hydrogen-bond donors (Lipinski definition) is 1. The summed E-state index contributed by atoms with van der Waals surface area (Å²) in [4.78, 5) is 0. The van der Waals surface area contributed by atoms with E-state index in [1.54, 1.807) is 31.3 Å². The van der Waals surface area contributed by atoms with Crippen molar-refractivity contribution in [3.8, 4) is 5.75 Å². The van der Waals surface area contributed by atoms with Gasteiger partial charge in [-0.2, -0.15) is 0 Å². The van der Waals surface area contributed by atoms with Crippen LogP contribution < -0.4 is 10.5 Å². The van der Waals surface area contributed by atoms with Crippen LogP contribution in [0.1, 0.15) is 20.3 Å². The predicted molar refractivity (Wildman–Crippen MR) is 82.2 cm³/mol. The molecule has 1 aromatic carbocycles.